The first kappa shape index (κ1) is 12.4. The number of hydrogen-bond acceptors (Lipinski definition) is 4. The van der Waals surface area contributed by atoms with Gasteiger partial charge in [0.1, 0.15) is 5.82 Å². The van der Waals surface area contributed by atoms with Gasteiger partial charge in [0.2, 0.25) is 5.28 Å². The van der Waals surface area contributed by atoms with Crippen molar-refractivity contribution in [3.8, 4) is 0 Å². The van der Waals surface area contributed by atoms with Crippen molar-refractivity contribution in [2.75, 3.05) is 5.32 Å². The highest BCUT2D eigenvalue weighted by Gasteiger charge is 2.09. The number of hydrogen-bond donors (Lipinski definition) is 2. The molecule has 0 bridgehead atoms. The van der Waals surface area contributed by atoms with Crippen LogP contribution in [0.3, 0.4) is 0 Å². The fourth-order valence-electron chi connectivity index (χ4n) is 1.76. The van der Waals surface area contributed by atoms with Crippen molar-refractivity contribution in [2.24, 2.45) is 0 Å². The number of aromatic amines is 1. The lowest BCUT2D eigenvalue weighted by atomic mass is 10.2. The van der Waals surface area contributed by atoms with Crippen molar-refractivity contribution >= 4 is 50.1 Å². The van der Waals surface area contributed by atoms with Crippen LogP contribution in [0.25, 0.3) is 11.0 Å². The van der Waals surface area contributed by atoms with E-state index in [1.807, 2.05) is 25.1 Å². The van der Waals surface area contributed by atoms with Crippen LogP contribution in [0.5, 0.6) is 0 Å². The monoisotopic (exact) mass is 337 g/mol. The number of nitrogens with one attached hydrogen (secondary N) is 2. The lowest BCUT2D eigenvalue weighted by molar-refractivity contribution is 1.09. The van der Waals surface area contributed by atoms with Gasteiger partial charge in [0, 0.05) is 10.2 Å². The molecule has 7 heteroatoms. The molecule has 3 rings (SSSR count). The first-order valence-electron chi connectivity index (χ1n) is 5.53. The minimum atomic E-state index is 0.173. The Morgan fingerprint density at radius 3 is 3.00 bits per heavy atom. The number of fused-ring (bicyclic) bond motifs is 1. The van der Waals surface area contributed by atoms with E-state index >= 15 is 0 Å². The van der Waals surface area contributed by atoms with Crippen LogP contribution in [0.1, 0.15) is 5.56 Å². The van der Waals surface area contributed by atoms with Crippen molar-refractivity contribution in [2.45, 2.75) is 6.92 Å². The molecule has 1 aromatic carbocycles. The van der Waals surface area contributed by atoms with Gasteiger partial charge in [0.15, 0.2) is 5.65 Å². The van der Waals surface area contributed by atoms with E-state index in [-0.39, 0.29) is 5.28 Å². The fraction of sp³-hybridized carbons (Fsp3) is 0.0833. The number of halogens is 2. The zero-order chi connectivity index (χ0) is 13.4. The molecule has 0 atom stereocenters. The highest BCUT2D eigenvalue weighted by atomic mass is 79.9. The summed E-state index contributed by atoms with van der Waals surface area (Å²) in [6.07, 6.45) is 1.67. The minimum absolute atomic E-state index is 0.173. The number of aryl methyl sites for hydroxylation is 1. The minimum Gasteiger partial charge on any atom is -0.339 e. The molecule has 0 aliphatic heterocycles. The second-order valence-corrected chi connectivity index (χ2v) is 5.31. The van der Waals surface area contributed by atoms with Crippen LogP contribution < -0.4 is 5.32 Å². The summed E-state index contributed by atoms with van der Waals surface area (Å²) in [5.74, 6) is 0.630. The second kappa shape index (κ2) is 4.79. The quantitative estimate of drug-likeness (QED) is 0.697. The highest BCUT2D eigenvalue weighted by Crippen LogP contribution is 2.27. The Bertz CT molecular complexity index is 755. The van der Waals surface area contributed by atoms with Gasteiger partial charge in [-0.1, -0.05) is 22.0 Å². The third kappa shape index (κ3) is 2.41. The van der Waals surface area contributed by atoms with Crippen LogP contribution in [0.2, 0.25) is 5.28 Å². The third-order valence-electron chi connectivity index (χ3n) is 2.74. The maximum Gasteiger partial charge on any atom is 0.226 e. The standard InChI is InChI=1S/C12H9BrClN5/c1-6-2-3-7(13)4-9(6)16-10-8-5-15-19-11(8)18-12(14)17-10/h2-5H,1H3,(H2,15,16,17,18,19). The normalized spacial score (nSPS) is 10.9. The van der Waals surface area contributed by atoms with E-state index in [9.17, 15) is 0 Å². The predicted octanol–water partition coefficient (Wildman–Crippen LogP) is 3.82. The summed E-state index contributed by atoms with van der Waals surface area (Å²) in [6, 6.07) is 5.99. The van der Waals surface area contributed by atoms with Crippen molar-refractivity contribution in [3.63, 3.8) is 0 Å². The Morgan fingerprint density at radius 1 is 1.32 bits per heavy atom. The Hall–Kier alpha value is -1.66. The van der Waals surface area contributed by atoms with E-state index in [1.54, 1.807) is 6.20 Å². The summed E-state index contributed by atoms with van der Waals surface area (Å²) >= 11 is 9.35. The molecule has 2 aromatic heterocycles. The molecule has 0 aliphatic carbocycles. The van der Waals surface area contributed by atoms with Gasteiger partial charge in [-0.15, -0.1) is 0 Å². The Balaban J connectivity index is 2.10. The van der Waals surface area contributed by atoms with Crippen LogP contribution >= 0.6 is 27.5 Å². The molecule has 0 amide bonds. The smallest absolute Gasteiger partial charge is 0.226 e. The average molecular weight is 339 g/mol. The van der Waals surface area contributed by atoms with Crippen molar-refractivity contribution in [3.05, 3.63) is 39.7 Å². The van der Waals surface area contributed by atoms with Gasteiger partial charge in [-0.25, -0.2) is 0 Å². The summed E-state index contributed by atoms with van der Waals surface area (Å²) in [6.45, 7) is 2.02. The molecule has 19 heavy (non-hydrogen) atoms. The van der Waals surface area contributed by atoms with E-state index < -0.39 is 0 Å². The molecule has 5 nitrogen and oxygen atoms in total. The third-order valence-corrected chi connectivity index (χ3v) is 3.40. The first-order chi connectivity index (χ1) is 9.13. The lowest BCUT2D eigenvalue weighted by Crippen LogP contribution is -1.98. The van der Waals surface area contributed by atoms with Crippen molar-refractivity contribution < 1.29 is 0 Å². The summed E-state index contributed by atoms with van der Waals surface area (Å²) in [7, 11) is 0. The summed E-state index contributed by atoms with van der Waals surface area (Å²) in [5, 5.41) is 11.0. The topological polar surface area (TPSA) is 66.5 Å². The molecule has 0 aliphatic rings. The van der Waals surface area contributed by atoms with E-state index in [0.717, 1.165) is 21.1 Å². The largest absolute Gasteiger partial charge is 0.339 e. The average Bonchev–Trinajstić information content (AvgIpc) is 2.82. The van der Waals surface area contributed by atoms with Gasteiger partial charge < -0.3 is 5.32 Å². The fourth-order valence-corrected chi connectivity index (χ4v) is 2.29. The van der Waals surface area contributed by atoms with Gasteiger partial charge in [0.05, 0.1) is 11.6 Å². The maximum atomic E-state index is 5.90. The molecule has 0 radical (unpaired) electrons. The van der Waals surface area contributed by atoms with Gasteiger partial charge in [0.25, 0.3) is 0 Å². The molecule has 3 aromatic rings. The van der Waals surface area contributed by atoms with Crippen LogP contribution in [-0.2, 0) is 0 Å². The van der Waals surface area contributed by atoms with Gasteiger partial charge in [-0.3, -0.25) is 5.10 Å². The molecule has 0 fully saturated rings. The summed E-state index contributed by atoms with van der Waals surface area (Å²) in [5.41, 5.74) is 2.66. The number of benzene rings is 1. The van der Waals surface area contributed by atoms with E-state index in [2.05, 4.69) is 41.4 Å². The van der Waals surface area contributed by atoms with Crippen molar-refractivity contribution in [1.82, 2.24) is 20.2 Å². The van der Waals surface area contributed by atoms with Gasteiger partial charge >= 0.3 is 0 Å². The number of nitrogens with zero attached hydrogens (tertiary/aromatic N) is 3. The Morgan fingerprint density at radius 2 is 2.16 bits per heavy atom. The Labute approximate surface area is 122 Å². The van der Waals surface area contributed by atoms with E-state index in [0.29, 0.717) is 11.5 Å². The zero-order valence-electron chi connectivity index (χ0n) is 9.91. The van der Waals surface area contributed by atoms with Crippen LogP contribution in [0.4, 0.5) is 11.5 Å². The molecular weight excluding hydrogens is 330 g/mol. The van der Waals surface area contributed by atoms with E-state index in [4.69, 9.17) is 11.6 Å². The van der Waals surface area contributed by atoms with Crippen LogP contribution in [-0.4, -0.2) is 20.2 Å². The number of H-pyrrole nitrogens is 1. The van der Waals surface area contributed by atoms with Crippen molar-refractivity contribution in [1.29, 1.82) is 0 Å². The number of anilines is 2. The lowest BCUT2D eigenvalue weighted by Gasteiger charge is -2.10. The SMILES string of the molecule is Cc1ccc(Br)cc1Nc1nc(Cl)nc2[nH]ncc12. The van der Waals surface area contributed by atoms with E-state index in [1.165, 1.54) is 0 Å². The number of rotatable bonds is 2. The maximum absolute atomic E-state index is 5.90. The molecule has 2 heterocycles. The summed E-state index contributed by atoms with van der Waals surface area (Å²) < 4.78 is 0.990. The molecule has 0 unspecified atom stereocenters. The Kier molecular flexibility index (Phi) is 3.12. The second-order valence-electron chi connectivity index (χ2n) is 4.06. The van der Waals surface area contributed by atoms with Gasteiger partial charge in [-0.05, 0) is 36.2 Å². The van der Waals surface area contributed by atoms with Crippen LogP contribution in [0.15, 0.2) is 28.9 Å². The summed E-state index contributed by atoms with van der Waals surface area (Å²) in [4.78, 5) is 8.27. The first-order valence-corrected chi connectivity index (χ1v) is 6.70. The number of aromatic nitrogens is 4. The van der Waals surface area contributed by atoms with Crippen LogP contribution in [0, 0.1) is 6.92 Å². The predicted molar refractivity (Wildman–Crippen MR) is 78.9 cm³/mol. The van der Waals surface area contributed by atoms with Gasteiger partial charge in [-0.2, -0.15) is 15.1 Å². The molecule has 0 spiro atoms. The zero-order valence-corrected chi connectivity index (χ0v) is 12.2. The molecule has 0 saturated carbocycles. The molecule has 0 saturated heterocycles. The molecule has 2 N–H and O–H groups in total. The molecular formula is C12H9BrClN5. The highest BCUT2D eigenvalue weighted by molar-refractivity contribution is 9.10. The molecule has 96 valence electrons.